The van der Waals surface area contributed by atoms with Crippen LogP contribution in [-0.4, -0.2) is 61.6 Å². The van der Waals surface area contributed by atoms with Crippen LogP contribution in [-0.2, 0) is 9.53 Å². The van der Waals surface area contributed by atoms with Crippen LogP contribution in [0.1, 0.15) is 57.1 Å². The van der Waals surface area contributed by atoms with Gasteiger partial charge in [-0.1, -0.05) is 35.9 Å². The number of hydrogen-bond donors (Lipinski definition) is 0. The lowest BCUT2D eigenvalue weighted by Crippen LogP contribution is -2.39. The van der Waals surface area contributed by atoms with E-state index in [0.717, 1.165) is 55.2 Å². The lowest BCUT2D eigenvalue weighted by Gasteiger charge is -2.32. The second-order valence-electron chi connectivity index (χ2n) is 11.2. The predicted octanol–water partition coefficient (Wildman–Crippen LogP) is 6.73. The molecule has 0 N–H and O–H groups in total. The zero-order chi connectivity index (χ0) is 28.1. The molecule has 7 heteroatoms. The molecule has 1 fully saturated rings. The zero-order valence-electron chi connectivity index (χ0n) is 23.6. The number of likely N-dealkylation sites (tertiary alicyclic amines) is 1. The van der Waals surface area contributed by atoms with E-state index in [1.165, 1.54) is 11.1 Å². The van der Waals surface area contributed by atoms with Crippen molar-refractivity contribution in [3.63, 3.8) is 0 Å². The molecule has 2 unspecified atom stereocenters. The van der Waals surface area contributed by atoms with Crippen LogP contribution < -0.4 is 9.47 Å². The van der Waals surface area contributed by atoms with Crippen molar-refractivity contribution in [1.29, 1.82) is 0 Å². The fourth-order valence-electron chi connectivity index (χ4n) is 5.80. The third-order valence-corrected chi connectivity index (χ3v) is 8.26. The Balaban J connectivity index is 1.31. The van der Waals surface area contributed by atoms with Crippen molar-refractivity contribution in [3.8, 4) is 11.5 Å². The quantitative estimate of drug-likeness (QED) is 0.334. The molecule has 5 rings (SSSR count). The molecular formula is C33H39ClN2O4. The van der Waals surface area contributed by atoms with E-state index in [1.807, 2.05) is 42.6 Å². The molecule has 3 aliphatic heterocycles. The van der Waals surface area contributed by atoms with Crippen molar-refractivity contribution in [2.45, 2.75) is 57.6 Å². The summed E-state index contributed by atoms with van der Waals surface area (Å²) in [4.78, 5) is 19.7. The smallest absolute Gasteiger partial charge is 0.349 e. The lowest BCUT2D eigenvalue weighted by atomic mass is 9.85. The first-order valence-corrected chi connectivity index (χ1v) is 14.7. The molecule has 2 aromatic carbocycles. The van der Waals surface area contributed by atoms with Gasteiger partial charge in [0.1, 0.15) is 18.1 Å². The second kappa shape index (κ2) is 12.6. The van der Waals surface area contributed by atoms with Gasteiger partial charge in [0.15, 0.2) is 5.60 Å². The van der Waals surface area contributed by atoms with Gasteiger partial charge in [-0.05, 0) is 107 Å². The summed E-state index contributed by atoms with van der Waals surface area (Å²) in [5, 5.41) is 0.793. The van der Waals surface area contributed by atoms with Gasteiger partial charge in [0.05, 0.1) is 12.6 Å². The zero-order valence-corrected chi connectivity index (χ0v) is 24.4. The van der Waals surface area contributed by atoms with Crippen molar-refractivity contribution in [3.05, 3.63) is 76.8 Å². The van der Waals surface area contributed by atoms with Crippen molar-refractivity contribution in [2.75, 3.05) is 32.8 Å². The molecule has 3 aliphatic rings. The molecule has 0 radical (unpaired) electrons. The maximum absolute atomic E-state index is 12.5. The van der Waals surface area contributed by atoms with E-state index in [1.54, 1.807) is 20.8 Å². The number of carbonyl (C=O) groups excluding carboxylic acids is 1. The summed E-state index contributed by atoms with van der Waals surface area (Å²) in [6.07, 6.45) is 11.7. The number of benzene rings is 2. The van der Waals surface area contributed by atoms with E-state index in [-0.39, 0.29) is 17.9 Å². The Bertz CT molecular complexity index is 1280. The van der Waals surface area contributed by atoms with Gasteiger partial charge in [-0.15, -0.1) is 0 Å². The van der Waals surface area contributed by atoms with Gasteiger partial charge in [0.2, 0.25) is 0 Å². The number of aliphatic imine (C=N–C) groups is 1. The van der Waals surface area contributed by atoms with Crippen LogP contribution in [0, 0.1) is 5.92 Å². The molecule has 1 saturated heterocycles. The van der Waals surface area contributed by atoms with Crippen LogP contribution in [0.5, 0.6) is 11.5 Å². The first kappa shape index (κ1) is 28.4. The molecule has 40 heavy (non-hydrogen) atoms. The highest BCUT2D eigenvalue weighted by atomic mass is 35.5. The number of dihydropyridines is 1. The lowest BCUT2D eigenvalue weighted by molar-refractivity contribution is -0.158. The molecule has 0 bridgehead atoms. The maximum atomic E-state index is 12.5. The van der Waals surface area contributed by atoms with E-state index in [4.69, 9.17) is 30.8 Å². The minimum atomic E-state index is -1.10. The predicted molar refractivity (Wildman–Crippen MR) is 161 cm³/mol. The standard InChI is InChI=1S/C33H39ClN2O4/c1-4-38-32(37)33(2,3)40-26-13-14-31-29(21-26)27(28-7-5-17-35-30(28)22-39-31)8-6-18-36-19-15-24(16-20-36)23-9-11-25(34)12-10-23/h5,7-14,17,21,24,28,30H,4,6,15-16,18-20,22H2,1-3H3. The highest BCUT2D eigenvalue weighted by Gasteiger charge is 2.34. The Morgan fingerprint density at radius 2 is 1.95 bits per heavy atom. The topological polar surface area (TPSA) is 60.4 Å². The van der Waals surface area contributed by atoms with Crippen LogP contribution >= 0.6 is 11.6 Å². The van der Waals surface area contributed by atoms with Crippen LogP contribution in [0.3, 0.4) is 0 Å². The summed E-state index contributed by atoms with van der Waals surface area (Å²) < 4.78 is 17.6. The van der Waals surface area contributed by atoms with Crippen LogP contribution in [0.25, 0.3) is 5.57 Å². The van der Waals surface area contributed by atoms with Crippen LogP contribution in [0.15, 0.2) is 65.7 Å². The molecule has 3 heterocycles. The molecular weight excluding hydrogens is 524 g/mol. The Hall–Kier alpha value is -3.09. The van der Waals surface area contributed by atoms with Crippen LogP contribution in [0.2, 0.25) is 5.02 Å². The first-order valence-electron chi connectivity index (χ1n) is 14.4. The monoisotopic (exact) mass is 562 g/mol. The number of piperidine rings is 1. The summed E-state index contributed by atoms with van der Waals surface area (Å²) in [7, 11) is 0. The maximum Gasteiger partial charge on any atom is 0.349 e. The number of halogens is 1. The fraction of sp³-hybridized carbons (Fsp3) is 0.455. The molecule has 2 atom stereocenters. The summed E-state index contributed by atoms with van der Waals surface area (Å²) in [6, 6.07) is 14.1. The second-order valence-corrected chi connectivity index (χ2v) is 11.6. The van der Waals surface area contributed by atoms with Gasteiger partial charge >= 0.3 is 5.97 Å². The number of nitrogens with zero attached hydrogens (tertiary/aromatic N) is 2. The number of fused-ring (bicyclic) bond motifs is 2. The summed E-state index contributed by atoms with van der Waals surface area (Å²) in [5.41, 5.74) is 2.48. The molecule has 2 aromatic rings. The van der Waals surface area contributed by atoms with Gasteiger partial charge in [-0.2, -0.15) is 0 Å². The number of allylic oxidation sites excluding steroid dienone is 1. The first-order chi connectivity index (χ1) is 19.3. The van der Waals surface area contributed by atoms with E-state index >= 15 is 0 Å². The average Bonchev–Trinajstić information content (AvgIpc) is 3.10. The van der Waals surface area contributed by atoms with E-state index in [0.29, 0.717) is 24.9 Å². The van der Waals surface area contributed by atoms with Crippen molar-refractivity contribution in [2.24, 2.45) is 10.9 Å². The number of carbonyl (C=O) groups is 1. The summed E-state index contributed by atoms with van der Waals surface area (Å²) in [6.45, 7) is 9.27. The minimum Gasteiger partial charge on any atom is -0.491 e. The minimum absolute atomic E-state index is 0.0270. The Kier molecular flexibility index (Phi) is 8.97. The average molecular weight is 563 g/mol. The molecule has 6 nitrogen and oxygen atoms in total. The molecule has 0 aliphatic carbocycles. The van der Waals surface area contributed by atoms with Gasteiger partial charge in [-0.25, -0.2) is 4.79 Å². The van der Waals surface area contributed by atoms with E-state index in [9.17, 15) is 4.79 Å². The molecule has 0 saturated carbocycles. The molecule has 212 valence electrons. The Morgan fingerprint density at radius 1 is 1.18 bits per heavy atom. The number of esters is 1. The highest BCUT2D eigenvalue weighted by molar-refractivity contribution is 6.30. The van der Waals surface area contributed by atoms with Gasteiger partial charge < -0.3 is 19.1 Å². The van der Waals surface area contributed by atoms with E-state index in [2.05, 4.69) is 29.2 Å². The summed E-state index contributed by atoms with van der Waals surface area (Å²) >= 11 is 6.08. The number of hydrogen-bond acceptors (Lipinski definition) is 6. The van der Waals surface area contributed by atoms with Crippen molar-refractivity contribution < 1.29 is 19.0 Å². The highest BCUT2D eigenvalue weighted by Crippen LogP contribution is 2.41. The van der Waals surface area contributed by atoms with Crippen molar-refractivity contribution >= 4 is 29.4 Å². The largest absolute Gasteiger partial charge is 0.491 e. The Morgan fingerprint density at radius 3 is 2.70 bits per heavy atom. The van der Waals surface area contributed by atoms with Gasteiger partial charge in [-0.3, -0.25) is 4.99 Å². The molecule has 0 spiro atoms. The molecule has 0 amide bonds. The Labute approximate surface area is 242 Å². The third kappa shape index (κ3) is 6.61. The van der Waals surface area contributed by atoms with Crippen LogP contribution in [0.4, 0.5) is 0 Å². The van der Waals surface area contributed by atoms with Gasteiger partial charge in [0.25, 0.3) is 0 Å². The van der Waals surface area contributed by atoms with E-state index < -0.39 is 5.60 Å². The third-order valence-electron chi connectivity index (χ3n) is 8.01. The number of ether oxygens (including phenoxy) is 3. The summed E-state index contributed by atoms with van der Waals surface area (Å²) in [5.74, 6) is 1.75. The van der Waals surface area contributed by atoms with Crippen molar-refractivity contribution in [1.82, 2.24) is 4.90 Å². The number of rotatable bonds is 8. The molecule has 0 aromatic heterocycles. The van der Waals surface area contributed by atoms with Gasteiger partial charge in [0, 0.05) is 29.3 Å². The SMILES string of the molecule is CCOC(=O)C(C)(C)Oc1ccc2c(c1)C(=CCCN1CCC(c3ccc(Cl)cc3)CC1)C1C=CC=NC1CO2. The normalized spacial score (nSPS) is 22.2. The fourth-order valence-corrected chi connectivity index (χ4v) is 5.93.